The van der Waals surface area contributed by atoms with Gasteiger partial charge in [0.15, 0.2) is 0 Å². The van der Waals surface area contributed by atoms with Crippen molar-refractivity contribution >= 4 is 51.4 Å². The van der Waals surface area contributed by atoms with Gasteiger partial charge in [-0.25, -0.2) is 0 Å². The second-order valence-corrected chi connectivity index (χ2v) is 8.00. The topological polar surface area (TPSA) is 75.7 Å². The van der Waals surface area contributed by atoms with Gasteiger partial charge in [-0.3, -0.25) is 19.3 Å². The van der Waals surface area contributed by atoms with Crippen LogP contribution in [0, 0.1) is 0 Å². The average molecular weight is 445 g/mol. The van der Waals surface area contributed by atoms with Gasteiger partial charge in [0, 0.05) is 11.1 Å². The highest BCUT2D eigenvalue weighted by molar-refractivity contribution is 8.18. The van der Waals surface area contributed by atoms with E-state index in [1.807, 2.05) is 36.4 Å². The Morgan fingerprint density at radius 2 is 1.78 bits per heavy atom. The number of anilines is 1. The highest BCUT2D eigenvalue weighted by Crippen LogP contribution is 2.32. The van der Waals surface area contributed by atoms with E-state index in [9.17, 15) is 14.4 Å². The summed E-state index contributed by atoms with van der Waals surface area (Å²) in [6.45, 7) is 3.66. The molecule has 0 radical (unpaired) electrons. The average Bonchev–Trinajstić information content (AvgIpc) is 3.06. The third-order valence-electron chi connectivity index (χ3n) is 4.78. The lowest BCUT2D eigenvalue weighted by Crippen LogP contribution is -2.36. The smallest absolute Gasteiger partial charge is 0.294 e. The van der Waals surface area contributed by atoms with Gasteiger partial charge in [0.25, 0.3) is 11.1 Å². The van der Waals surface area contributed by atoms with Crippen LogP contribution in [0.3, 0.4) is 0 Å². The standard InChI is InChI=1S/C25H20N2O4S/c1-2-14-31-19-12-10-17(11-13-19)15-22-24(29)27(25(30)32-22)16-23(28)26-21-9-5-7-18-6-3-4-8-20(18)21/h2-13,15H,1,14,16H2,(H,26,28)/b22-15+. The zero-order chi connectivity index (χ0) is 22.5. The fourth-order valence-electron chi connectivity index (χ4n) is 3.27. The van der Waals surface area contributed by atoms with Crippen LogP contribution in [-0.4, -0.2) is 35.1 Å². The third kappa shape index (κ3) is 4.73. The Morgan fingerprint density at radius 1 is 1.03 bits per heavy atom. The van der Waals surface area contributed by atoms with Crippen molar-refractivity contribution in [1.82, 2.24) is 4.90 Å². The number of thioether (sulfide) groups is 1. The lowest BCUT2D eigenvalue weighted by molar-refractivity contribution is -0.127. The lowest BCUT2D eigenvalue weighted by atomic mass is 10.1. The fourth-order valence-corrected chi connectivity index (χ4v) is 4.11. The second-order valence-electron chi connectivity index (χ2n) is 7.01. The molecule has 7 heteroatoms. The van der Waals surface area contributed by atoms with E-state index in [4.69, 9.17) is 4.74 Å². The summed E-state index contributed by atoms with van der Waals surface area (Å²) in [7, 11) is 0. The first-order valence-corrected chi connectivity index (χ1v) is 10.7. The van der Waals surface area contributed by atoms with Crippen LogP contribution in [0.2, 0.25) is 0 Å². The van der Waals surface area contributed by atoms with Crippen molar-refractivity contribution in [2.45, 2.75) is 0 Å². The molecule has 0 aliphatic carbocycles. The minimum Gasteiger partial charge on any atom is -0.490 e. The van der Waals surface area contributed by atoms with Gasteiger partial charge in [0.2, 0.25) is 5.91 Å². The maximum absolute atomic E-state index is 12.7. The van der Waals surface area contributed by atoms with Crippen molar-refractivity contribution in [3.8, 4) is 5.75 Å². The Kier molecular flexibility index (Phi) is 6.37. The Balaban J connectivity index is 1.44. The Hall–Kier alpha value is -3.84. The summed E-state index contributed by atoms with van der Waals surface area (Å²) in [6, 6.07) is 20.4. The van der Waals surface area contributed by atoms with Crippen LogP contribution in [0.4, 0.5) is 10.5 Å². The minimum atomic E-state index is -0.486. The number of fused-ring (bicyclic) bond motifs is 1. The maximum Gasteiger partial charge on any atom is 0.294 e. The van der Waals surface area contributed by atoms with Crippen molar-refractivity contribution in [3.05, 3.63) is 89.9 Å². The number of carbonyl (C=O) groups is 3. The van der Waals surface area contributed by atoms with Crippen LogP contribution in [0.15, 0.2) is 84.3 Å². The molecule has 3 aromatic carbocycles. The van der Waals surface area contributed by atoms with E-state index >= 15 is 0 Å². The maximum atomic E-state index is 12.7. The monoisotopic (exact) mass is 444 g/mol. The number of benzene rings is 3. The van der Waals surface area contributed by atoms with E-state index in [0.717, 1.165) is 33.0 Å². The normalized spacial score (nSPS) is 14.8. The van der Waals surface area contributed by atoms with Gasteiger partial charge < -0.3 is 10.1 Å². The molecule has 32 heavy (non-hydrogen) atoms. The van der Waals surface area contributed by atoms with Crippen LogP contribution < -0.4 is 10.1 Å². The number of nitrogens with zero attached hydrogens (tertiary/aromatic N) is 1. The van der Waals surface area contributed by atoms with Crippen molar-refractivity contribution in [3.63, 3.8) is 0 Å². The molecule has 0 unspecified atom stereocenters. The summed E-state index contributed by atoms with van der Waals surface area (Å²) in [4.78, 5) is 38.9. The Labute approximate surface area is 189 Å². The van der Waals surface area contributed by atoms with Gasteiger partial charge in [0.05, 0.1) is 4.91 Å². The molecule has 3 amide bonds. The molecule has 1 saturated heterocycles. The molecule has 3 aromatic rings. The predicted octanol–water partition coefficient (Wildman–Crippen LogP) is 5.08. The van der Waals surface area contributed by atoms with Crippen molar-refractivity contribution in [2.75, 3.05) is 18.5 Å². The Morgan fingerprint density at radius 3 is 2.56 bits per heavy atom. The summed E-state index contributed by atoms with van der Waals surface area (Å²) in [5.74, 6) is -0.242. The summed E-state index contributed by atoms with van der Waals surface area (Å²) in [5.41, 5.74) is 1.39. The molecule has 160 valence electrons. The number of amides is 3. The molecule has 1 heterocycles. The molecule has 0 bridgehead atoms. The van der Waals surface area contributed by atoms with Gasteiger partial charge in [-0.1, -0.05) is 61.2 Å². The van der Waals surface area contributed by atoms with Crippen molar-refractivity contribution < 1.29 is 19.1 Å². The van der Waals surface area contributed by atoms with Crippen LogP contribution in [-0.2, 0) is 9.59 Å². The molecule has 0 saturated carbocycles. The van der Waals surface area contributed by atoms with E-state index in [0.29, 0.717) is 18.0 Å². The number of hydrogen-bond acceptors (Lipinski definition) is 5. The number of nitrogens with one attached hydrogen (secondary N) is 1. The van der Waals surface area contributed by atoms with E-state index in [1.165, 1.54) is 0 Å². The molecular weight excluding hydrogens is 424 g/mol. The third-order valence-corrected chi connectivity index (χ3v) is 5.69. The first kappa shape index (κ1) is 21.4. The van der Waals surface area contributed by atoms with E-state index in [1.54, 1.807) is 42.5 Å². The van der Waals surface area contributed by atoms with Gasteiger partial charge in [-0.2, -0.15) is 0 Å². The molecule has 1 fully saturated rings. The van der Waals surface area contributed by atoms with Gasteiger partial charge >= 0.3 is 0 Å². The summed E-state index contributed by atoms with van der Waals surface area (Å²) in [6.07, 6.45) is 3.28. The second kappa shape index (κ2) is 9.53. The molecule has 0 atom stereocenters. The van der Waals surface area contributed by atoms with Crippen LogP contribution in [0.5, 0.6) is 5.75 Å². The summed E-state index contributed by atoms with van der Waals surface area (Å²) < 4.78 is 5.44. The first-order chi connectivity index (χ1) is 15.5. The predicted molar refractivity (Wildman–Crippen MR) is 127 cm³/mol. The number of rotatable bonds is 7. The number of ether oxygens (including phenoxy) is 1. The molecule has 4 rings (SSSR count). The molecule has 1 aliphatic rings. The van der Waals surface area contributed by atoms with Gasteiger partial charge in [-0.05, 0) is 47.0 Å². The molecule has 0 aromatic heterocycles. The Bertz CT molecular complexity index is 1230. The molecule has 0 spiro atoms. The van der Waals surface area contributed by atoms with E-state index in [-0.39, 0.29) is 11.4 Å². The van der Waals surface area contributed by atoms with Crippen LogP contribution in [0.1, 0.15) is 5.56 Å². The number of imide groups is 1. The van der Waals surface area contributed by atoms with Crippen molar-refractivity contribution in [1.29, 1.82) is 0 Å². The molecule has 1 N–H and O–H groups in total. The highest BCUT2D eigenvalue weighted by atomic mass is 32.2. The largest absolute Gasteiger partial charge is 0.490 e. The molecule has 1 aliphatic heterocycles. The SMILES string of the molecule is C=CCOc1ccc(/C=C2/SC(=O)N(CC(=O)Nc3cccc4ccccc34)C2=O)cc1. The van der Waals surface area contributed by atoms with E-state index < -0.39 is 17.1 Å². The van der Waals surface area contributed by atoms with Crippen LogP contribution >= 0.6 is 11.8 Å². The number of hydrogen-bond donors (Lipinski definition) is 1. The van der Waals surface area contributed by atoms with Crippen molar-refractivity contribution in [2.24, 2.45) is 0 Å². The van der Waals surface area contributed by atoms with Gasteiger partial charge in [-0.15, -0.1) is 0 Å². The fraction of sp³-hybridized carbons (Fsp3) is 0.0800. The quantitative estimate of drug-likeness (QED) is 0.406. The lowest BCUT2D eigenvalue weighted by Gasteiger charge is -2.13. The van der Waals surface area contributed by atoms with E-state index in [2.05, 4.69) is 11.9 Å². The molecular formula is C25H20N2O4S. The minimum absolute atomic E-state index is 0.271. The first-order valence-electron chi connectivity index (χ1n) is 9.92. The zero-order valence-corrected chi connectivity index (χ0v) is 17.9. The number of carbonyl (C=O) groups excluding carboxylic acids is 3. The summed E-state index contributed by atoms with van der Waals surface area (Å²) >= 11 is 0.820. The summed E-state index contributed by atoms with van der Waals surface area (Å²) in [5, 5.41) is 4.21. The van der Waals surface area contributed by atoms with Gasteiger partial charge in [0.1, 0.15) is 18.9 Å². The highest BCUT2D eigenvalue weighted by Gasteiger charge is 2.36. The zero-order valence-electron chi connectivity index (χ0n) is 17.1. The molecule has 6 nitrogen and oxygen atoms in total. The van der Waals surface area contributed by atoms with Crippen LogP contribution in [0.25, 0.3) is 16.8 Å².